The van der Waals surface area contributed by atoms with Crippen molar-refractivity contribution >= 4 is 29.1 Å². The molecular weight excluding hydrogens is 412 g/mol. The van der Waals surface area contributed by atoms with Crippen LogP contribution in [0.4, 0.5) is 11.4 Å². The van der Waals surface area contributed by atoms with Crippen molar-refractivity contribution in [3.05, 3.63) is 54.1 Å². The van der Waals surface area contributed by atoms with E-state index in [1.807, 2.05) is 24.3 Å². The minimum absolute atomic E-state index is 0.123. The van der Waals surface area contributed by atoms with E-state index < -0.39 is 0 Å². The molecule has 0 aromatic heterocycles. The molecule has 2 N–H and O–H groups in total. The van der Waals surface area contributed by atoms with Crippen LogP contribution < -0.4 is 20.3 Å². The van der Waals surface area contributed by atoms with E-state index in [0.29, 0.717) is 30.2 Å². The highest BCUT2D eigenvalue weighted by Crippen LogP contribution is 2.19. The molecule has 1 aliphatic rings. The van der Waals surface area contributed by atoms with Crippen LogP contribution >= 0.6 is 0 Å². The zero-order valence-electron chi connectivity index (χ0n) is 18.3. The second-order valence-electron chi connectivity index (χ2n) is 7.36. The van der Waals surface area contributed by atoms with E-state index in [2.05, 4.69) is 15.5 Å². The van der Waals surface area contributed by atoms with Crippen LogP contribution in [-0.2, 0) is 14.3 Å². The van der Waals surface area contributed by atoms with Crippen molar-refractivity contribution in [3.8, 4) is 5.75 Å². The molecule has 3 rings (SSSR count). The van der Waals surface area contributed by atoms with Crippen molar-refractivity contribution in [2.45, 2.75) is 0 Å². The number of nitrogens with zero attached hydrogens (tertiary/aromatic N) is 2. The zero-order chi connectivity index (χ0) is 22.9. The predicted molar refractivity (Wildman–Crippen MR) is 121 cm³/mol. The van der Waals surface area contributed by atoms with E-state index in [4.69, 9.17) is 9.47 Å². The Morgan fingerprint density at radius 1 is 1.03 bits per heavy atom. The van der Waals surface area contributed by atoms with Gasteiger partial charge in [-0.05, 0) is 48.5 Å². The molecule has 0 bridgehead atoms. The van der Waals surface area contributed by atoms with Crippen LogP contribution in [0.3, 0.4) is 0 Å². The van der Waals surface area contributed by atoms with Crippen molar-refractivity contribution in [3.63, 3.8) is 0 Å². The highest BCUT2D eigenvalue weighted by Gasteiger charge is 2.15. The van der Waals surface area contributed by atoms with Crippen LogP contribution in [-0.4, -0.2) is 76.2 Å². The maximum absolute atomic E-state index is 12.3. The number of morpholine rings is 1. The number of ether oxygens (including phenoxy) is 2. The molecule has 1 saturated heterocycles. The summed E-state index contributed by atoms with van der Waals surface area (Å²) in [5.41, 5.74) is 2.14. The van der Waals surface area contributed by atoms with Crippen molar-refractivity contribution in [2.75, 3.05) is 63.8 Å². The normalized spacial score (nSPS) is 13.2. The summed E-state index contributed by atoms with van der Waals surface area (Å²) in [6, 6.07) is 14.1. The molecule has 0 saturated carbocycles. The van der Waals surface area contributed by atoms with Crippen LogP contribution in [0.15, 0.2) is 48.5 Å². The Morgan fingerprint density at radius 2 is 1.69 bits per heavy atom. The average Bonchev–Trinajstić information content (AvgIpc) is 2.83. The third-order valence-electron chi connectivity index (χ3n) is 5.09. The first-order chi connectivity index (χ1) is 15.5. The van der Waals surface area contributed by atoms with E-state index in [-0.39, 0.29) is 30.8 Å². The Kier molecular flexibility index (Phi) is 8.04. The summed E-state index contributed by atoms with van der Waals surface area (Å²) >= 11 is 0. The summed E-state index contributed by atoms with van der Waals surface area (Å²) < 4.78 is 10.4. The summed E-state index contributed by atoms with van der Waals surface area (Å²) in [6.07, 6.45) is 0. The number of methoxy groups -OCH3 is 1. The van der Waals surface area contributed by atoms with Gasteiger partial charge >= 0.3 is 0 Å². The lowest BCUT2D eigenvalue weighted by atomic mass is 10.2. The number of nitrogens with one attached hydrogen (secondary N) is 2. The third-order valence-corrected chi connectivity index (χ3v) is 5.09. The van der Waals surface area contributed by atoms with Gasteiger partial charge in [-0.3, -0.25) is 14.4 Å². The highest BCUT2D eigenvalue weighted by molar-refractivity contribution is 5.98. The van der Waals surface area contributed by atoms with Crippen molar-refractivity contribution in [1.29, 1.82) is 0 Å². The number of anilines is 2. The second kappa shape index (κ2) is 11.1. The summed E-state index contributed by atoms with van der Waals surface area (Å²) in [6.45, 7) is 2.77. The van der Waals surface area contributed by atoms with Gasteiger partial charge in [-0.15, -0.1) is 0 Å². The molecular formula is C23H28N4O5. The van der Waals surface area contributed by atoms with Gasteiger partial charge < -0.3 is 29.9 Å². The smallest absolute Gasteiger partial charge is 0.251 e. The van der Waals surface area contributed by atoms with Crippen LogP contribution in [0.2, 0.25) is 0 Å². The topological polar surface area (TPSA) is 100 Å². The fourth-order valence-electron chi connectivity index (χ4n) is 3.22. The molecule has 3 amide bonds. The van der Waals surface area contributed by atoms with Gasteiger partial charge in [-0.1, -0.05) is 0 Å². The molecule has 1 fully saturated rings. The van der Waals surface area contributed by atoms with Crippen LogP contribution in [0.1, 0.15) is 10.4 Å². The number of benzene rings is 2. The third kappa shape index (κ3) is 6.45. The standard InChI is InChI=1S/C23H28N4O5/c1-26(22(29)15-24-23(30)17-3-9-20(31-2)10-4-17)16-21(28)25-18-5-7-19(8-6-18)27-11-13-32-14-12-27/h3-10H,11-16H2,1-2H3,(H,24,30)(H,25,28). The van der Waals surface area contributed by atoms with Gasteiger partial charge in [0.2, 0.25) is 11.8 Å². The first-order valence-electron chi connectivity index (χ1n) is 10.3. The molecule has 9 heteroatoms. The van der Waals surface area contributed by atoms with Gasteiger partial charge in [0.25, 0.3) is 5.91 Å². The van der Waals surface area contributed by atoms with Crippen LogP contribution in [0, 0.1) is 0 Å². The van der Waals surface area contributed by atoms with Gasteiger partial charge in [0.1, 0.15) is 5.75 Å². The molecule has 0 unspecified atom stereocenters. The fourth-order valence-corrected chi connectivity index (χ4v) is 3.22. The van der Waals surface area contributed by atoms with Gasteiger partial charge in [0.15, 0.2) is 0 Å². The largest absolute Gasteiger partial charge is 0.497 e. The molecule has 32 heavy (non-hydrogen) atoms. The molecule has 0 aliphatic carbocycles. The van der Waals surface area contributed by atoms with Gasteiger partial charge in [0, 0.05) is 37.1 Å². The van der Waals surface area contributed by atoms with Crippen molar-refractivity contribution in [2.24, 2.45) is 0 Å². The number of hydrogen-bond donors (Lipinski definition) is 2. The average molecular weight is 441 g/mol. The SMILES string of the molecule is COc1ccc(C(=O)NCC(=O)N(C)CC(=O)Nc2ccc(N3CCOCC3)cc2)cc1. The zero-order valence-corrected chi connectivity index (χ0v) is 18.3. The number of hydrogen-bond acceptors (Lipinski definition) is 6. The number of rotatable bonds is 8. The number of amides is 3. The quantitative estimate of drug-likeness (QED) is 0.643. The molecule has 1 aliphatic heterocycles. The lowest BCUT2D eigenvalue weighted by molar-refractivity contribution is -0.132. The summed E-state index contributed by atoms with van der Waals surface area (Å²) in [5.74, 6) is -0.426. The number of likely N-dealkylation sites (N-methyl/N-ethyl adjacent to an activating group) is 1. The Morgan fingerprint density at radius 3 is 2.31 bits per heavy atom. The molecule has 1 heterocycles. The number of carbonyl (C=O) groups is 3. The highest BCUT2D eigenvalue weighted by atomic mass is 16.5. The Labute approximate surface area is 187 Å². The van der Waals surface area contributed by atoms with E-state index >= 15 is 0 Å². The Bertz CT molecular complexity index is 924. The lowest BCUT2D eigenvalue weighted by Gasteiger charge is -2.28. The predicted octanol–water partition coefficient (Wildman–Crippen LogP) is 1.36. The lowest BCUT2D eigenvalue weighted by Crippen LogP contribution is -2.41. The van der Waals surface area contributed by atoms with Gasteiger partial charge in [0.05, 0.1) is 33.4 Å². The fraction of sp³-hybridized carbons (Fsp3) is 0.348. The van der Waals surface area contributed by atoms with Crippen LogP contribution in [0.5, 0.6) is 5.75 Å². The first-order valence-corrected chi connectivity index (χ1v) is 10.3. The van der Waals surface area contributed by atoms with Crippen LogP contribution in [0.25, 0.3) is 0 Å². The summed E-state index contributed by atoms with van der Waals surface area (Å²) in [7, 11) is 3.06. The molecule has 2 aromatic carbocycles. The Balaban J connectivity index is 1.42. The Hall–Kier alpha value is -3.59. The molecule has 0 atom stereocenters. The molecule has 170 valence electrons. The van der Waals surface area contributed by atoms with E-state index in [1.165, 1.54) is 11.9 Å². The summed E-state index contributed by atoms with van der Waals surface area (Å²) in [4.78, 5) is 40.2. The van der Waals surface area contributed by atoms with Gasteiger partial charge in [-0.25, -0.2) is 0 Å². The molecule has 0 spiro atoms. The second-order valence-corrected chi connectivity index (χ2v) is 7.36. The van der Waals surface area contributed by atoms with Crippen molar-refractivity contribution in [1.82, 2.24) is 10.2 Å². The van der Waals surface area contributed by atoms with Gasteiger partial charge in [-0.2, -0.15) is 0 Å². The van der Waals surface area contributed by atoms with E-state index in [0.717, 1.165) is 18.8 Å². The maximum Gasteiger partial charge on any atom is 0.251 e. The number of carbonyl (C=O) groups excluding carboxylic acids is 3. The summed E-state index contributed by atoms with van der Waals surface area (Å²) in [5, 5.41) is 5.35. The first kappa shape index (κ1) is 23.1. The molecule has 2 aromatic rings. The van der Waals surface area contributed by atoms with Crippen molar-refractivity contribution < 1.29 is 23.9 Å². The van der Waals surface area contributed by atoms with E-state index in [1.54, 1.807) is 31.4 Å². The van der Waals surface area contributed by atoms with E-state index in [9.17, 15) is 14.4 Å². The minimum Gasteiger partial charge on any atom is -0.497 e. The maximum atomic E-state index is 12.3. The molecule has 0 radical (unpaired) electrons. The monoisotopic (exact) mass is 440 g/mol. The minimum atomic E-state index is -0.376. The molecule has 9 nitrogen and oxygen atoms in total.